The summed E-state index contributed by atoms with van der Waals surface area (Å²) in [6, 6.07) is 0. The van der Waals surface area contributed by atoms with Crippen LogP contribution in [-0.4, -0.2) is 31.2 Å². The Balaban J connectivity index is 1.84. The van der Waals surface area contributed by atoms with Gasteiger partial charge in [0.1, 0.15) is 6.61 Å². The van der Waals surface area contributed by atoms with Gasteiger partial charge in [0.25, 0.3) is 0 Å². The molecule has 0 unspecified atom stereocenters. The van der Waals surface area contributed by atoms with Gasteiger partial charge in [0.05, 0.1) is 19.2 Å². The molecule has 0 aromatic carbocycles. The van der Waals surface area contributed by atoms with E-state index in [2.05, 4.69) is 29.0 Å². The number of nitrogens with zero attached hydrogens (tertiary/aromatic N) is 1. The Kier molecular flexibility index (Phi) is 8.07. The van der Waals surface area contributed by atoms with Crippen LogP contribution in [0.25, 0.3) is 0 Å². The average molecular weight is 361 g/mol. The molecule has 0 aliphatic heterocycles. The van der Waals surface area contributed by atoms with Crippen molar-refractivity contribution in [3.8, 4) is 0 Å². The molecule has 5 heteroatoms. The van der Waals surface area contributed by atoms with Crippen LogP contribution in [0, 0.1) is 11.8 Å². The number of ketones is 1. The van der Waals surface area contributed by atoms with Crippen LogP contribution in [0.3, 0.4) is 0 Å². The fourth-order valence-corrected chi connectivity index (χ4v) is 3.70. The Morgan fingerprint density at radius 1 is 1.27 bits per heavy atom. The minimum absolute atomic E-state index is 0.216. The van der Waals surface area contributed by atoms with Crippen molar-refractivity contribution < 1.29 is 19.2 Å². The van der Waals surface area contributed by atoms with Crippen molar-refractivity contribution >= 4 is 17.5 Å². The minimum atomic E-state index is -0.289. The summed E-state index contributed by atoms with van der Waals surface area (Å²) in [6.45, 7) is 4.33. The van der Waals surface area contributed by atoms with Crippen molar-refractivity contribution in [1.29, 1.82) is 0 Å². The van der Waals surface area contributed by atoms with Gasteiger partial charge in [-0.1, -0.05) is 37.1 Å². The maximum Gasteiger partial charge on any atom is 0.309 e. The minimum Gasteiger partial charge on any atom is -0.469 e. The summed E-state index contributed by atoms with van der Waals surface area (Å²) in [7, 11) is 1.37. The third-order valence-electron chi connectivity index (χ3n) is 5.26. The number of methoxy groups -OCH3 is 1. The van der Waals surface area contributed by atoms with Gasteiger partial charge >= 0.3 is 5.97 Å². The second-order valence-electron chi connectivity index (χ2n) is 7.24. The van der Waals surface area contributed by atoms with Crippen molar-refractivity contribution in [2.45, 2.75) is 65.2 Å². The number of carbonyl (C=O) groups is 2. The monoisotopic (exact) mass is 361 g/mol. The number of ether oxygens (including phenoxy) is 1. The van der Waals surface area contributed by atoms with E-state index in [0.29, 0.717) is 18.3 Å². The predicted octanol–water partition coefficient (Wildman–Crippen LogP) is 4.37. The molecule has 0 aromatic heterocycles. The molecular weight excluding hydrogens is 330 g/mol. The van der Waals surface area contributed by atoms with E-state index in [1.165, 1.54) is 12.7 Å². The van der Waals surface area contributed by atoms with Crippen molar-refractivity contribution in [2.75, 3.05) is 13.7 Å². The van der Waals surface area contributed by atoms with E-state index in [9.17, 15) is 9.59 Å². The van der Waals surface area contributed by atoms with Crippen molar-refractivity contribution in [1.82, 2.24) is 0 Å². The Labute approximate surface area is 156 Å². The van der Waals surface area contributed by atoms with Gasteiger partial charge in [0.15, 0.2) is 5.78 Å². The molecule has 2 aliphatic carbocycles. The topological polar surface area (TPSA) is 65.0 Å². The standard InChI is InChI=1S/C21H31NO4/c1-4-5-6-7-20(23)15(2)12-16-8-9-17-13-18(14-19(16)17)22-26-11-10-21(24)25-3/h8,12,17,19H,4-7,9-11,13-14H2,1-3H3/b15-12-,22-18+/t17-,19+/m1/s1. The van der Waals surface area contributed by atoms with Crippen LogP contribution in [-0.2, 0) is 19.2 Å². The highest BCUT2D eigenvalue weighted by Gasteiger charge is 2.36. The van der Waals surface area contributed by atoms with Gasteiger partial charge in [-0.25, -0.2) is 0 Å². The van der Waals surface area contributed by atoms with Crippen molar-refractivity contribution in [3.63, 3.8) is 0 Å². The van der Waals surface area contributed by atoms with Crippen molar-refractivity contribution in [3.05, 3.63) is 23.3 Å². The summed E-state index contributed by atoms with van der Waals surface area (Å²) in [5, 5.41) is 4.20. The van der Waals surface area contributed by atoms with Crippen LogP contribution >= 0.6 is 0 Å². The van der Waals surface area contributed by atoms with E-state index in [4.69, 9.17) is 4.84 Å². The molecule has 0 aromatic rings. The Bertz CT molecular complexity index is 603. The van der Waals surface area contributed by atoms with E-state index in [1.54, 1.807) is 0 Å². The molecular formula is C21H31NO4. The zero-order valence-corrected chi connectivity index (χ0v) is 16.3. The average Bonchev–Trinajstić information content (AvgIpc) is 3.20. The van der Waals surface area contributed by atoms with E-state index in [-0.39, 0.29) is 24.8 Å². The highest BCUT2D eigenvalue weighted by molar-refractivity contribution is 5.95. The van der Waals surface area contributed by atoms with Crippen LogP contribution in [0.2, 0.25) is 0 Å². The number of allylic oxidation sites excluding steroid dienone is 4. The molecule has 1 fully saturated rings. The molecule has 2 aliphatic rings. The maximum absolute atomic E-state index is 12.2. The molecule has 144 valence electrons. The molecule has 0 bridgehead atoms. The largest absolute Gasteiger partial charge is 0.469 e. The van der Waals surface area contributed by atoms with Crippen molar-refractivity contribution in [2.24, 2.45) is 17.0 Å². The summed E-state index contributed by atoms with van der Waals surface area (Å²) >= 11 is 0. The second kappa shape index (κ2) is 10.3. The third kappa shape index (κ3) is 5.82. The predicted molar refractivity (Wildman–Crippen MR) is 102 cm³/mol. The molecule has 2 rings (SSSR count). The fourth-order valence-electron chi connectivity index (χ4n) is 3.70. The molecule has 5 nitrogen and oxygen atoms in total. The van der Waals surface area contributed by atoms with E-state index >= 15 is 0 Å². The summed E-state index contributed by atoms with van der Waals surface area (Å²) in [5.41, 5.74) is 3.19. The van der Waals surface area contributed by atoms with Gasteiger partial charge in [-0.15, -0.1) is 0 Å². The first kappa shape index (κ1) is 20.4. The molecule has 0 heterocycles. The molecule has 1 saturated carbocycles. The van der Waals surface area contributed by atoms with Crippen LogP contribution in [0.1, 0.15) is 65.2 Å². The zero-order valence-electron chi connectivity index (χ0n) is 16.3. The lowest BCUT2D eigenvalue weighted by Gasteiger charge is -2.11. The van der Waals surface area contributed by atoms with E-state index in [0.717, 1.165) is 49.8 Å². The Hall–Kier alpha value is -1.91. The molecule has 26 heavy (non-hydrogen) atoms. The van der Waals surface area contributed by atoms with Crippen LogP contribution in [0.4, 0.5) is 0 Å². The first-order valence-electron chi connectivity index (χ1n) is 9.71. The fraction of sp³-hybridized carbons (Fsp3) is 0.667. The van der Waals surface area contributed by atoms with Gasteiger partial charge in [-0.2, -0.15) is 0 Å². The molecule has 0 amide bonds. The number of esters is 1. The SMILES string of the molecule is CCCCCC(=O)/C(C)=C\C1=CC[C@@H]2C/C(=N\OCCC(=O)OC)C[C@@H]12. The lowest BCUT2D eigenvalue weighted by molar-refractivity contribution is -0.141. The quantitative estimate of drug-likeness (QED) is 0.251. The number of oxime groups is 1. The van der Waals surface area contributed by atoms with Gasteiger partial charge in [0, 0.05) is 6.42 Å². The number of Topliss-reactive ketones (excluding diaryl/α,β-unsaturated/α-hetero) is 1. The second-order valence-corrected chi connectivity index (χ2v) is 7.24. The summed E-state index contributed by atoms with van der Waals surface area (Å²) in [6.07, 6.45) is 11.3. The molecule has 0 saturated heterocycles. The number of fused-ring (bicyclic) bond motifs is 1. The lowest BCUT2D eigenvalue weighted by atomic mass is 9.93. The van der Waals surface area contributed by atoms with Gasteiger partial charge < -0.3 is 9.57 Å². The molecule has 2 atom stereocenters. The Morgan fingerprint density at radius 2 is 2.08 bits per heavy atom. The molecule has 0 spiro atoms. The van der Waals surface area contributed by atoms with Gasteiger partial charge in [-0.05, 0) is 55.6 Å². The first-order valence-corrected chi connectivity index (χ1v) is 9.71. The van der Waals surface area contributed by atoms with Crippen LogP contribution in [0.15, 0.2) is 28.5 Å². The molecule has 0 N–H and O–H groups in total. The van der Waals surface area contributed by atoms with Gasteiger partial charge in [-0.3, -0.25) is 9.59 Å². The summed E-state index contributed by atoms with van der Waals surface area (Å²) in [5.74, 6) is 0.979. The van der Waals surface area contributed by atoms with Gasteiger partial charge in [0.2, 0.25) is 0 Å². The first-order chi connectivity index (χ1) is 12.5. The van der Waals surface area contributed by atoms with E-state index < -0.39 is 0 Å². The molecule has 0 radical (unpaired) electrons. The summed E-state index contributed by atoms with van der Waals surface area (Å²) in [4.78, 5) is 28.6. The number of hydrogen-bond acceptors (Lipinski definition) is 5. The van der Waals surface area contributed by atoms with Crippen LogP contribution in [0.5, 0.6) is 0 Å². The Morgan fingerprint density at radius 3 is 2.81 bits per heavy atom. The number of hydrogen-bond donors (Lipinski definition) is 0. The normalized spacial score (nSPS) is 23.7. The smallest absolute Gasteiger partial charge is 0.309 e. The lowest BCUT2D eigenvalue weighted by Crippen LogP contribution is -2.05. The third-order valence-corrected chi connectivity index (χ3v) is 5.26. The van der Waals surface area contributed by atoms with E-state index in [1.807, 2.05) is 6.92 Å². The summed E-state index contributed by atoms with van der Waals surface area (Å²) < 4.78 is 4.58. The zero-order chi connectivity index (χ0) is 18.9. The number of rotatable bonds is 10. The number of carbonyl (C=O) groups excluding carboxylic acids is 2. The van der Waals surface area contributed by atoms with Crippen LogP contribution < -0.4 is 0 Å². The highest BCUT2D eigenvalue weighted by Crippen LogP contribution is 2.43. The number of unbranched alkanes of at least 4 members (excludes halogenated alkanes) is 2. The highest BCUT2D eigenvalue weighted by atomic mass is 16.6. The maximum atomic E-state index is 12.2.